The fourth-order valence-electron chi connectivity index (χ4n) is 1.70. The van der Waals surface area contributed by atoms with E-state index in [1.54, 1.807) is 24.3 Å². The molecule has 0 unspecified atom stereocenters. The molecule has 118 valence electrons. The molecule has 0 aromatic heterocycles. The topological polar surface area (TPSA) is 98.5 Å². The highest BCUT2D eigenvalue weighted by Gasteiger charge is 2.13. The van der Waals surface area contributed by atoms with Gasteiger partial charge in [0.05, 0.1) is 10.5 Å². The zero-order chi connectivity index (χ0) is 16.8. The minimum atomic E-state index is -0.589. The summed E-state index contributed by atoms with van der Waals surface area (Å²) in [4.78, 5) is 33.6. The molecule has 2 rings (SSSR count). The number of nitro benzene ring substituents is 1. The van der Waals surface area contributed by atoms with Crippen LogP contribution < -0.4 is 5.32 Å². The summed E-state index contributed by atoms with van der Waals surface area (Å²) in [5.41, 5.74) is 0.690. The lowest BCUT2D eigenvalue weighted by molar-refractivity contribution is -0.384. The minimum absolute atomic E-state index is 0.0759. The maximum absolute atomic E-state index is 11.9. The Kier molecular flexibility index (Phi) is 5.63. The first kappa shape index (κ1) is 16.9. The SMILES string of the molecule is O=C(COC(=O)c1ccccc1I)Nc1ccc([N+](=O)[O-])cc1. The lowest BCUT2D eigenvalue weighted by atomic mass is 10.2. The van der Waals surface area contributed by atoms with E-state index in [1.165, 1.54) is 24.3 Å². The third-order valence-corrected chi connectivity index (χ3v) is 3.73. The van der Waals surface area contributed by atoms with Crippen LogP contribution in [0.3, 0.4) is 0 Å². The van der Waals surface area contributed by atoms with E-state index in [1.807, 2.05) is 22.6 Å². The highest BCUT2D eigenvalue weighted by molar-refractivity contribution is 14.1. The number of hydrogen-bond donors (Lipinski definition) is 1. The molecule has 23 heavy (non-hydrogen) atoms. The van der Waals surface area contributed by atoms with Crippen molar-refractivity contribution in [1.29, 1.82) is 0 Å². The fourth-order valence-corrected chi connectivity index (χ4v) is 2.31. The molecular formula is C15H11IN2O5. The van der Waals surface area contributed by atoms with Crippen molar-refractivity contribution in [3.05, 3.63) is 67.8 Å². The Morgan fingerprint density at radius 2 is 1.78 bits per heavy atom. The average Bonchev–Trinajstić information content (AvgIpc) is 2.53. The summed E-state index contributed by atoms with van der Waals surface area (Å²) >= 11 is 2.00. The third kappa shape index (κ3) is 4.74. The number of esters is 1. The quantitative estimate of drug-likeness (QED) is 0.343. The van der Waals surface area contributed by atoms with Gasteiger partial charge in [0, 0.05) is 21.4 Å². The van der Waals surface area contributed by atoms with Crippen molar-refractivity contribution >= 4 is 45.8 Å². The van der Waals surface area contributed by atoms with Crippen LogP contribution in [-0.2, 0) is 9.53 Å². The predicted molar refractivity (Wildman–Crippen MR) is 91.2 cm³/mol. The Labute approximate surface area is 144 Å². The normalized spacial score (nSPS) is 9.96. The van der Waals surface area contributed by atoms with Gasteiger partial charge in [-0.25, -0.2) is 4.79 Å². The summed E-state index contributed by atoms with van der Waals surface area (Å²) in [5, 5.41) is 13.0. The van der Waals surface area contributed by atoms with E-state index in [4.69, 9.17) is 4.74 Å². The molecule has 8 heteroatoms. The van der Waals surface area contributed by atoms with Gasteiger partial charge in [-0.05, 0) is 46.9 Å². The molecule has 0 spiro atoms. The van der Waals surface area contributed by atoms with Crippen LogP contribution in [0.4, 0.5) is 11.4 Å². The molecule has 1 amide bonds. The number of non-ortho nitro benzene ring substituents is 1. The van der Waals surface area contributed by atoms with Crippen LogP contribution in [0, 0.1) is 13.7 Å². The van der Waals surface area contributed by atoms with E-state index in [9.17, 15) is 19.7 Å². The van der Waals surface area contributed by atoms with Gasteiger partial charge in [-0.15, -0.1) is 0 Å². The highest BCUT2D eigenvalue weighted by Crippen LogP contribution is 2.15. The van der Waals surface area contributed by atoms with Crippen molar-refractivity contribution < 1.29 is 19.2 Å². The number of amides is 1. The van der Waals surface area contributed by atoms with Gasteiger partial charge in [0.1, 0.15) is 0 Å². The summed E-state index contributed by atoms with van der Waals surface area (Å²) in [7, 11) is 0. The number of carbonyl (C=O) groups excluding carboxylic acids is 2. The molecule has 0 aliphatic rings. The molecule has 2 aromatic rings. The zero-order valence-corrected chi connectivity index (χ0v) is 13.8. The molecular weight excluding hydrogens is 415 g/mol. The van der Waals surface area contributed by atoms with Crippen molar-refractivity contribution in [2.24, 2.45) is 0 Å². The van der Waals surface area contributed by atoms with Gasteiger partial charge >= 0.3 is 5.97 Å². The van der Waals surface area contributed by atoms with Crippen molar-refractivity contribution in [2.75, 3.05) is 11.9 Å². The van der Waals surface area contributed by atoms with Crippen molar-refractivity contribution in [2.45, 2.75) is 0 Å². The van der Waals surface area contributed by atoms with Crippen LogP contribution >= 0.6 is 22.6 Å². The van der Waals surface area contributed by atoms with Crippen molar-refractivity contribution in [3.63, 3.8) is 0 Å². The Bertz CT molecular complexity index is 746. The van der Waals surface area contributed by atoms with Gasteiger partial charge in [0.25, 0.3) is 11.6 Å². The third-order valence-electron chi connectivity index (χ3n) is 2.79. The molecule has 0 radical (unpaired) electrons. The van der Waals surface area contributed by atoms with E-state index < -0.39 is 23.4 Å². The maximum Gasteiger partial charge on any atom is 0.339 e. The zero-order valence-electron chi connectivity index (χ0n) is 11.7. The first-order chi connectivity index (χ1) is 11.0. The second kappa shape index (κ2) is 7.68. The van der Waals surface area contributed by atoms with Crippen LogP contribution in [0.1, 0.15) is 10.4 Å². The van der Waals surface area contributed by atoms with E-state index >= 15 is 0 Å². The second-order valence-electron chi connectivity index (χ2n) is 4.41. The van der Waals surface area contributed by atoms with E-state index in [-0.39, 0.29) is 5.69 Å². The van der Waals surface area contributed by atoms with E-state index in [2.05, 4.69) is 5.32 Å². The molecule has 0 heterocycles. The molecule has 0 aliphatic carbocycles. The Balaban J connectivity index is 1.89. The second-order valence-corrected chi connectivity index (χ2v) is 5.57. The molecule has 0 bridgehead atoms. The molecule has 1 N–H and O–H groups in total. The number of ether oxygens (including phenoxy) is 1. The monoisotopic (exact) mass is 426 g/mol. The predicted octanol–water partition coefficient (Wildman–Crippen LogP) is 2.99. The van der Waals surface area contributed by atoms with Crippen LogP contribution in [0.25, 0.3) is 0 Å². The number of nitrogens with one attached hydrogen (secondary N) is 1. The lowest BCUT2D eigenvalue weighted by Gasteiger charge is -2.07. The lowest BCUT2D eigenvalue weighted by Crippen LogP contribution is -2.21. The Morgan fingerprint density at radius 3 is 2.39 bits per heavy atom. The molecule has 2 aromatic carbocycles. The first-order valence-corrected chi connectivity index (χ1v) is 7.51. The largest absolute Gasteiger partial charge is 0.452 e. The summed E-state index contributed by atoms with van der Waals surface area (Å²) in [6.45, 7) is -0.444. The summed E-state index contributed by atoms with van der Waals surface area (Å²) < 4.78 is 5.67. The number of rotatable bonds is 5. The number of hydrogen-bond acceptors (Lipinski definition) is 5. The number of benzene rings is 2. The fraction of sp³-hybridized carbons (Fsp3) is 0.0667. The van der Waals surface area contributed by atoms with Gasteiger partial charge < -0.3 is 10.1 Å². The summed E-state index contributed by atoms with van der Waals surface area (Å²) in [6, 6.07) is 12.2. The van der Waals surface area contributed by atoms with Crippen molar-refractivity contribution in [1.82, 2.24) is 0 Å². The first-order valence-electron chi connectivity index (χ1n) is 6.43. The van der Waals surface area contributed by atoms with E-state index in [0.29, 0.717) is 11.3 Å². The molecule has 0 saturated heterocycles. The van der Waals surface area contributed by atoms with Gasteiger partial charge in [-0.1, -0.05) is 12.1 Å². The molecule has 0 aliphatic heterocycles. The van der Waals surface area contributed by atoms with Gasteiger partial charge in [-0.3, -0.25) is 14.9 Å². The number of nitrogens with zero attached hydrogens (tertiary/aromatic N) is 1. The van der Waals surface area contributed by atoms with Crippen LogP contribution in [0.15, 0.2) is 48.5 Å². The molecule has 0 atom stereocenters. The molecule has 0 saturated carbocycles. The Morgan fingerprint density at radius 1 is 1.13 bits per heavy atom. The minimum Gasteiger partial charge on any atom is -0.452 e. The van der Waals surface area contributed by atoms with Gasteiger partial charge in [-0.2, -0.15) is 0 Å². The Hall–Kier alpha value is -2.49. The smallest absolute Gasteiger partial charge is 0.339 e. The van der Waals surface area contributed by atoms with Crippen LogP contribution in [0.2, 0.25) is 0 Å². The van der Waals surface area contributed by atoms with Gasteiger partial charge in [0.2, 0.25) is 0 Å². The standard InChI is InChI=1S/C15H11IN2O5/c16-13-4-2-1-3-12(13)15(20)23-9-14(19)17-10-5-7-11(8-6-10)18(21)22/h1-8H,9H2,(H,17,19). The summed E-state index contributed by atoms with van der Waals surface area (Å²) in [6.07, 6.45) is 0. The van der Waals surface area contributed by atoms with Crippen LogP contribution in [-0.4, -0.2) is 23.4 Å². The number of halogens is 1. The van der Waals surface area contributed by atoms with E-state index in [0.717, 1.165) is 3.57 Å². The number of carbonyl (C=O) groups is 2. The summed E-state index contributed by atoms with van der Waals surface area (Å²) in [5.74, 6) is -1.12. The highest BCUT2D eigenvalue weighted by atomic mass is 127. The number of nitro groups is 1. The van der Waals surface area contributed by atoms with Gasteiger partial charge in [0.15, 0.2) is 6.61 Å². The average molecular weight is 426 g/mol. The maximum atomic E-state index is 11.9. The molecule has 0 fully saturated rings. The van der Waals surface area contributed by atoms with Crippen LogP contribution in [0.5, 0.6) is 0 Å². The number of anilines is 1. The molecule has 7 nitrogen and oxygen atoms in total. The van der Waals surface area contributed by atoms with Crippen molar-refractivity contribution in [3.8, 4) is 0 Å².